The minimum absolute atomic E-state index is 0.0742. The Labute approximate surface area is 280 Å². The maximum atomic E-state index is 13.9. The number of carbonyl (C=O) groups excluding carboxylic acids is 3. The zero-order valence-electron chi connectivity index (χ0n) is 27.1. The summed E-state index contributed by atoms with van der Waals surface area (Å²) in [6, 6.07) is 31.1. The molecule has 48 heavy (non-hydrogen) atoms. The molecule has 0 aliphatic heterocycles. The van der Waals surface area contributed by atoms with Crippen molar-refractivity contribution >= 4 is 23.9 Å². The van der Waals surface area contributed by atoms with Crippen LogP contribution in [-0.4, -0.2) is 53.7 Å². The smallest absolute Gasteiger partial charge is 0.407 e. The molecule has 3 amide bonds. The van der Waals surface area contributed by atoms with E-state index in [9.17, 15) is 24.3 Å². The molecule has 1 aliphatic rings. The molecule has 5 rings (SSSR count). The first-order valence-corrected chi connectivity index (χ1v) is 16.3. The average Bonchev–Trinajstić information content (AvgIpc) is 3.42. The standard InChI is InChI=1S/C39H41N3O6/c1-3-25(2)35(38(45)46)42-37(44)33(22-26-14-6-4-7-15-26)40-36(43)34(23-27-16-8-5-9-17-27)41-39(47)48-24-32-30-20-12-10-18-28(30)29-19-11-13-21-31(29)32/h4-21,25,32-35H,3,22-24H2,1-2H3,(H,40,43)(H,41,47)(H,42,44)(H,45,46)/t25-,33-,34-,35-/m0/s1. The van der Waals surface area contributed by atoms with Crippen LogP contribution in [-0.2, 0) is 32.0 Å². The Balaban J connectivity index is 1.33. The number of amides is 3. The zero-order chi connectivity index (χ0) is 34.0. The highest BCUT2D eigenvalue weighted by Gasteiger charge is 2.33. The third kappa shape index (κ3) is 8.28. The van der Waals surface area contributed by atoms with Crippen molar-refractivity contribution in [2.45, 2.75) is 57.2 Å². The first-order chi connectivity index (χ1) is 23.2. The van der Waals surface area contributed by atoms with Crippen LogP contribution >= 0.6 is 0 Å². The highest BCUT2D eigenvalue weighted by atomic mass is 16.5. The van der Waals surface area contributed by atoms with Crippen LogP contribution in [0.2, 0.25) is 0 Å². The summed E-state index contributed by atoms with van der Waals surface area (Å²) in [5.41, 5.74) is 5.91. The molecule has 4 N–H and O–H groups in total. The number of hydrogen-bond acceptors (Lipinski definition) is 5. The highest BCUT2D eigenvalue weighted by Crippen LogP contribution is 2.44. The van der Waals surface area contributed by atoms with Crippen LogP contribution < -0.4 is 16.0 Å². The molecule has 0 aromatic heterocycles. The third-order valence-electron chi connectivity index (χ3n) is 8.93. The Morgan fingerprint density at radius 3 is 1.62 bits per heavy atom. The fourth-order valence-electron chi connectivity index (χ4n) is 6.11. The lowest BCUT2D eigenvalue weighted by molar-refractivity contribution is -0.143. The number of carboxylic acids is 1. The molecular formula is C39H41N3O6. The quantitative estimate of drug-likeness (QED) is 0.143. The molecular weight excluding hydrogens is 606 g/mol. The lowest BCUT2D eigenvalue weighted by atomic mass is 9.98. The largest absolute Gasteiger partial charge is 0.480 e. The first kappa shape index (κ1) is 33.9. The van der Waals surface area contributed by atoms with Gasteiger partial charge >= 0.3 is 12.1 Å². The van der Waals surface area contributed by atoms with E-state index in [2.05, 4.69) is 28.1 Å². The Morgan fingerprint density at radius 2 is 1.12 bits per heavy atom. The number of carbonyl (C=O) groups is 4. The van der Waals surface area contributed by atoms with E-state index in [1.165, 1.54) is 0 Å². The van der Waals surface area contributed by atoms with Gasteiger partial charge in [-0.2, -0.15) is 0 Å². The van der Waals surface area contributed by atoms with Gasteiger partial charge in [-0.05, 0) is 39.3 Å². The van der Waals surface area contributed by atoms with Gasteiger partial charge in [0.05, 0.1) is 0 Å². The third-order valence-corrected chi connectivity index (χ3v) is 8.93. The predicted octanol–water partition coefficient (Wildman–Crippen LogP) is 5.48. The molecule has 0 saturated carbocycles. The van der Waals surface area contributed by atoms with Gasteiger partial charge in [0.2, 0.25) is 11.8 Å². The molecule has 0 bridgehead atoms. The van der Waals surface area contributed by atoms with Gasteiger partial charge in [-0.25, -0.2) is 9.59 Å². The van der Waals surface area contributed by atoms with Crippen LogP contribution in [0.15, 0.2) is 109 Å². The summed E-state index contributed by atoms with van der Waals surface area (Å²) >= 11 is 0. The molecule has 0 saturated heterocycles. The number of fused-ring (bicyclic) bond motifs is 3. The van der Waals surface area contributed by atoms with E-state index in [4.69, 9.17) is 4.74 Å². The molecule has 248 valence electrons. The van der Waals surface area contributed by atoms with Gasteiger partial charge in [0.25, 0.3) is 0 Å². The van der Waals surface area contributed by atoms with Crippen molar-refractivity contribution < 1.29 is 29.0 Å². The second kappa shape index (κ2) is 15.9. The molecule has 1 aliphatic carbocycles. The van der Waals surface area contributed by atoms with Crippen molar-refractivity contribution in [3.63, 3.8) is 0 Å². The van der Waals surface area contributed by atoms with Gasteiger partial charge in [-0.15, -0.1) is 0 Å². The molecule has 0 fully saturated rings. The Morgan fingerprint density at radius 1 is 0.667 bits per heavy atom. The summed E-state index contributed by atoms with van der Waals surface area (Å²) in [4.78, 5) is 52.8. The number of carboxylic acid groups (broad SMARTS) is 1. The lowest BCUT2D eigenvalue weighted by Crippen LogP contribution is -2.57. The molecule has 4 aromatic rings. The number of aliphatic carboxylic acids is 1. The lowest BCUT2D eigenvalue weighted by Gasteiger charge is -2.26. The summed E-state index contributed by atoms with van der Waals surface area (Å²) in [7, 11) is 0. The average molecular weight is 648 g/mol. The fraction of sp³-hybridized carbons (Fsp3) is 0.282. The van der Waals surface area contributed by atoms with Gasteiger partial charge in [0.1, 0.15) is 24.7 Å². The zero-order valence-corrected chi connectivity index (χ0v) is 27.1. The molecule has 0 spiro atoms. The van der Waals surface area contributed by atoms with E-state index in [0.717, 1.165) is 33.4 Å². The Hall–Kier alpha value is -5.44. The Bertz CT molecular complexity index is 1680. The van der Waals surface area contributed by atoms with Crippen LogP contribution in [0.25, 0.3) is 11.1 Å². The van der Waals surface area contributed by atoms with E-state index < -0.39 is 42.0 Å². The summed E-state index contributed by atoms with van der Waals surface area (Å²) in [6.07, 6.45) is 0.0331. The second-order valence-electron chi connectivity index (χ2n) is 12.2. The molecule has 9 heteroatoms. The molecule has 4 atom stereocenters. The highest BCUT2D eigenvalue weighted by molar-refractivity contribution is 5.93. The monoisotopic (exact) mass is 647 g/mol. The number of benzene rings is 4. The first-order valence-electron chi connectivity index (χ1n) is 16.3. The summed E-state index contributed by atoms with van der Waals surface area (Å²) < 4.78 is 5.75. The number of nitrogens with one attached hydrogen (secondary N) is 3. The summed E-state index contributed by atoms with van der Waals surface area (Å²) in [6.45, 7) is 3.67. The van der Waals surface area contributed by atoms with E-state index >= 15 is 0 Å². The van der Waals surface area contributed by atoms with Crippen LogP contribution in [0, 0.1) is 5.92 Å². The van der Waals surface area contributed by atoms with Crippen molar-refractivity contribution in [1.82, 2.24) is 16.0 Å². The van der Waals surface area contributed by atoms with Gasteiger partial charge in [-0.1, -0.05) is 129 Å². The maximum Gasteiger partial charge on any atom is 0.407 e. The predicted molar refractivity (Wildman–Crippen MR) is 183 cm³/mol. The van der Waals surface area contributed by atoms with Crippen molar-refractivity contribution in [1.29, 1.82) is 0 Å². The van der Waals surface area contributed by atoms with E-state index in [-0.39, 0.29) is 31.3 Å². The van der Waals surface area contributed by atoms with Gasteiger partial charge in [-0.3, -0.25) is 9.59 Å². The molecule has 9 nitrogen and oxygen atoms in total. The molecule has 0 unspecified atom stereocenters. The van der Waals surface area contributed by atoms with Crippen molar-refractivity contribution in [3.05, 3.63) is 131 Å². The topological polar surface area (TPSA) is 134 Å². The number of alkyl carbamates (subject to hydrolysis) is 1. The van der Waals surface area contributed by atoms with Crippen LogP contribution in [0.5, 0.6) is 0 Å². The number of hydrogen-bond donors (Lipinski definition) is 4. The number of rotatable bonds is 14. The van der Waals surface area contributed by atoms with Gasteiger partial charge < -0.3 is 25.8 Å². The van der Waals surface area contributed by atoms with Crippen molar-refractivity contribution in [2.75, 3.05) is 6.61 Å². The van der Waals surface area contributed by atoms with E-state index in [1.807, 2.05) is 104 Å². The molecule has 4 aromatic carbocycles. The van der Waals surface area contributed by atoms with Crippen molar-refractivity contribution in [3.8, 4) is 11.1 Å². The Kier molecular flexibility index (Phi) is 11.2. The second-order valence-corrected chi connectivity index (χ2v) is 12.2. The van der Waals surface area contributed by atoms with Gasteiger partial charge in [0.15, 0.2) is 0 Å². The maximum absolute atomic E-state index is 13.9. The van der Waals surface area contributed by atoms with Crippen molar-refractivity contribution in [2.24, 2.45) is 5.92 Å². The molecule has 0 radical (unpaired) electrons. The number of ether oxygens (including phenoxy) is 1. The fourth-order valence-corrected chi connectivity index (χ4v) is 6.11. The summed E-state index contributed by atoms with van der Waals surface area (Å²) in [5.74, 6) is -2.86. The van der Waals surface area contributed by atoms with E-state index in [1.54, 1.807) is 6.92 Å². The SMILES string of the molecule is CC[C@H](C)[C@H](NC(=O)[C@H](Cc1ccccc1)NC(=O)[C@H](Cc1ccccc1)NC(=O)OCC1c2ccccc2-c2ccccc21)C(=O)O. The van der Waals surface area contributed by atoms with Crippen LogP contribution in [0.1, 0.15) is 48.4 Å². The normalized spacial score (nSPS) is 14.4. The summed E-state index contributed by atoms with van der Waals surface area (Å²) in [5, 5.41) is 18.0. The minimum atomic E-state index is -1.15. The van der Waals surface area contributed by atoms with Gasteiger partial charge in [0, 0.05) is 18.8 Å². The minimum Gasteiger partial charge on any atom is -0.480 e. The van der Waals surface area contributed by atoms with Crippen LogP contribution in [0.3, 0.4) is 0 Å². The van der Waals surface area contributed by atoms with E-state index in [0.29, 0.717) is 6.42 Å². The van der Waals surface area contributed by atoms with Crippen LogP contribution in [0.4, 0.5) is 4.79 Å². The molecule has 0 heterocycles.